The molecule has 1 atom stereocenters. The van der Waals surface area contributed by atoms with Crippen LogP contribution in [0.15, 0.2) is 30.3 Å². The predicted octanol–water partition coefficient (Wildman–Crippen LogP) is 4.53. The zero-order valence-corrected chi connectivity index (χ0v) is 17.7. The third kappa shape index (κ3) is 5.18. The number of carbonyl (C=O) groups excluding carboxylic acids is 2. The molecule has 0 aliphatic carbocycles. The van der Waals surface area contributed by atoms with Crippen molar-refractivity contribution in [3.05, 3.63) is 35.9 Å². The van der Waals surface area contributed by atoms with Crippen LogP contribution in [0.3, 0.4) is 0 Å². The van der Waals surface area contributed by atoms with Crippen molar-refractivity contribution >= 4 is 31.1 Å². The number of likely N-dealkylation sites (tertiary alicyclic amines) is 1. The van der Waals surface area contributed by atoms with E-state index in [2.05, 4.69) is 33.9 Å². The minimum absolute atomic E-state index is 0.0284. The Labute approximate surface area is 156 Å². The van der Waals surface area contributed by atoms with Gasteiger partial charge in [-0.05, 0) is 24.6 Å². The molecule has 0 spiro atoms. The molecule has 0 aromatic heterocycles. The molecule has 0 radical (unpaired) electrons. The van der Waals surface area contributed by atoms with E-state index in [1.165, 1.54) is 11.8 Å². The van der Waals surface area contributed by atoms with Crippen molar-refractivity contribution in [1.29, 1.82) is 0 Å². The Kier molecular flexibility index (Phi) is 6.51. The SMILES string of the molecule is CC(C)(C)[Si](C)(C)OCCCN1C(=O)C[C@H]1SC(=O)c1ccccc1. The van der Waals surface area contributed by atoms with Crippen LogP contribution in [0, 0.1) is 0 Å². The summed E-state index contributed by atoms with van der Waals surface area (Å²) in [6.07, 6.45) is 1.27. The lowest BCUT2D eigenvalue weighted by molar-refractivity contribution is -0.141. The van der Waals surface area contributed by atoms with Crippen LogP contribution in [0.25, 0.3) is 0 Å². The fourth-order valence-corrected chi connectivity index (χ4v) is 4.53. The molecular weight excluding hydrogens is 350 g/mol. The third-order valence-corrected chi connectivity index (χ3v) is 10.8. The number of rotatable bonds is 7. The summed E-state index contributed by atoms with van der Waals surface area (Å²) in [6, 6.07) is 9.23. The molecule has 1 saturated heterocycles. The molecule has 2 rings (SSSR count). The van der Waals surface area contributed by atoms with Crippen molar-refractivity contribution in [2.45, 2.75) is 57.1 Å². The van der Waals surface area contributed by atoms with Crippen LogP contribution >= 0.6 is 11.8 Å². The lowest BCUT2D eigenvalue weighted by Crippen LogP contribution is -2.51. The zero-order valence-electron chi connectivity index (χ0n) is 15.9. The summed E-state index contributed by atoms with van der Waals surface area (Å²) in [5.41, 5.74) is 0.688. The van der Waals surface area contributed by atoms with Crippen molar-refractivity contribution in [2.24, 2.45) is 0 Å². The van der Waals surface area contributed by atoms with E-state index in [0.29, 0.717) is 25.1 Å². The smallest absolute Gasteiger partial charge is 0.226 e. The highest BCUT2D eigenvalue weighted by molar-refractivity contribution is 8.14. The molecule has 4 nitrogen and oxygen atoms in total. The Morgan fingerprint density at radius 1 is 1.28 bits per heavy atom. The maximum Gasteiger partial charge on any atom is 0.226 e. The molecule has 0 bridgehead atoms. The van der Waals surface area contributed by atoms with E-state index < -0.39 is 8.32 Å². The molecule has 1 aromatic carbocycles. The second kappa shape index (κ2) is 8.06. The maximum atomic E-state index is 12.3. The Morgan fingerprint density at radius 3 is 2.48 bits per heavy atom. The number of thioether (sulfide) groups is 1. The van der Waals surface area contributed by atoms with Gasteiger partial charge in [-0.1, -0.05) is 62.9 Å². The molecule has 1 heterocycles. The highest BCUT2D eigenvalue weighted by Gasteiger charge is 2.39. The standard InChI is InChI=1S/C19H29NO3SSi/c1-19(2,3)25(4,5)23-13-9-12-20-16(21)14-17(20)24-18(22)15-10-7-6-8-11-15/h6-8,10-11,17H,9,12-14H2,1-5H3/t17-/m1/s1. The summed E-state index contributed by atoms with van der Waals surface area (Å²) < 4.78 is 6.16. The fourth-order valence-electron chi connectivity index (χ4n) is 2.34. The summed E-state index contributed by atoms with van der Waals surface area (Å²) in [7, 11) is -1.74. The predicted molar refractivity (Wildman–Crippen MR) is 106 cm³/mol. The first-order valence-corrected chi connectivity index (χ1v) is 12.6. The zero-order chi connectivity index (χ0) is 18.7. The molecule has 0 saturated carbocycles. The number of hydrogen-bond acceptors (Lipinski definition) is 4. The molecule has 1 aromatic rings. The van der Waals surface area contributed by atoms with Gasteiger partial charge in [-0.25, -0.2) is 0 Å². The summed E-state index contributed by atoms with van der Waals surface area (Å²) in [5, 5.41) is 0.189. The lowest BCUT2D eigenvalue weighted by Gasteiger charge is -2.40. The van der Waals surface area contributed by atoms with E-state index in [-0.39, 0.29) is 21.4 Å². The number of hydrogen-bond donors (Lipinski definition) is 0. The van der Waals surface area contributed by atoms with Gasteiger partial charge in [0, 0.05) is 18.7 Å². The number of β-lactam (4-membered cyclic amide) rings is 1. The van der Waals surface area contributed by atoms with E-state index in [1.807, 2.05) is 30.3 Å². The largest absolute Gasteiger partial charge is 0.417 e. The van der Waals surface area contributed by atoms with E-state index in [4.69, 9.17) is 4.43 Å². The molecule has 1 aliphatic rings. The average molecular weight is 380 g/mol. The highest BCUT2D eigenvalue weighted by Crippen LogP contribution is 2.37. The molecule has 25 heavy (non-hydrogen) atoms. The molecule has 138 valence electrons. The summed E-state index contributed by atoms with van der Waals surface area (Å²) in [4.78, 5) is 26.0. The van der Waals surface area contributed by atoms with Crippen molar-refractivity contribution in [3.8, 4) is 0 Å². The van der Waals surface area contributed by atoms with E-state index in [9.17, 15) is 9.59 Å². The minimum Gasteiger partial charge on any atom is -0.417 e. The van der Waals surface area contributed by atoms with E-state index in [1.54, 1.807) is 4.90 Å². The molecule has 6 heteroatoms. The minimum atomic E-state index is -1.74. The topological polar surface area (TPSA) is 46.6 Å². The fraction of sp³-hybridized carbons (Fsp3) is 0.579. The molecule has 1 amide bonds. The average Bonchev–Trinajstić information content (AvgIpc) is 2.53. The first-order chi connectivity index (χ1) is 11.6. The molecule has 0 unspecified atom stereocenters. The number of benzene rings is 1. The van der Waals surface area contributed by atoms with Crippen LogP contribution in [0.5, 0.6) is 0 Å². The summed E-state index contributed by atoms with van der Waals surface area (Å²) >= 11 is 1.25. The van der Waals surface area contributed by atoms with Gasteiger partial charge in [0.1, 0.15) is 0 Å². The van der Waals surface area contributed by atoms with Gasteiger partial charge in [-0.15, -0.1) is 0 Å². The van der Waals surface area contributed by atoms with Crippen LogP contribution in [-0.2, 0) is 9.22 Å². The second-order valence-electron chi connectivity index (χ2n) is 7.98. The van der Waals surface area contributed by atoms with Crippen LogP contribution in [0.2, 0.25) is 18.1 Å². The molecule has 1 fully saturated rings. The molecular formula is C19H29NO3SSi. The number of nitrogens with zero attached hydrogens (tertiary/aromatic N) is 1. The van der Waals surface area contributed by atoms with Gasteiger partial charge in [0.2, 0.25) is 11.0 Å². The normalized spacial score (nSPS) is 18.2. The molecule has 0 N–H and O–H groups in total. The Bertz CT molecular complexity index is 613. The van der Waals surface area contributed by atoms with Crippen LogP contribution in [-0.4, -0.2) is 42.8 Å². The van der Waals surface area contributed by atoms with Crippen LogP contribution in [0.1, 0.15) is 44.0 Å². The van der Waals surface area contributed by atoms with Crippen molar-refractivity contribution in [3.63, 3.8) is 0 Å². The van der Waals surface area contributed by atoms with Crippen LogP contribution < -0.4 is 0 Å². The van der Waals surface area contributed by atoms with Crippen molar-refractivity contribution in [1.82, 2.24) is 4.90 Å². The third-order valence-electron chi connectivity index (χ3n) is 5.08. The lowest BCUT2D eigenvalue weighted by atomic mass is 10.2. The van der Waals surface area contributed by atoms with Gasteiger partial charge in [0.25, 0.3) is 0 Å². The Morgan fingerprint density at radius 2 is 1.92 bits per heavy atom. The summed E-state index contributed by atoms with van der Waals surface area (Å²) in [6.45, 7) is 12.5. The van der Waals surface area contributed by atoms with Gasteiger partial charge < -0.3 is 9.33 Å². The first-order valence-electron chi connectivity index (χ1n) is 8.81. The Balaban J connectivity index is 1.78. The molecule has 1 aliphatic heterocycles. The van der Waals surface area contributed by atoms with Gasteiger partial charge in [0.05, 0.1) is 11.8 Å². The van der Waals surface area contributed by atoms with E-state index in [0.717, 1.165) is 6.42 Å². The maximum absolute atomic E-state index is 12.3. The van der Waals surface area contributed by atoms with Crippen molar-refractivity contribution in [2.75, 3.05) is 13.2 Å². The summed E-state index contributed by atoms with van der Waals surface area (Å²) in [5.74, 6) is 0.130. The van der Waals surface area contributed by atoms with E-state index >= 15 is 0 Å². The van der Waals surface area contributed by atoms with Crippen LogP contribution in [0.4, 0.5) is 0 Å². The number of amides is 1. The first kappa shape index (κ1) is 20.2. The van der Waals surface area contributed by atoms with Crippen molar-refractivity contribution < 1.29 is 14.0 Å². The quantitative estimate of drug-likeness (QED) is 0.397. The second-order valence-corrected chi connectivity index (χ2v) is 13.9. The monoisotopic (exact) mass is 379 g/mol. The van der Waals surface area contributed by atoms with Gasteiger partial charge in [-0.2, -0.15) is 0 Å². The highest BCUT2D eigenvalue weighted by atomic mass is 32.2. The van der Waals surface area contributed by atoms with Gasteiger partial charge in [0.15, 0.2) is 8.32 Å². The van der Waals surface area contributed by atoms with Gasteiger partial charge >= 0.3 is 0 Å². The number of carbonyl (C=O) groups is 2. The Hall–Kier alpha value is -1.11. The van der Waals surface area contributed by atoms with Gasteiger partial charge in [-0.3, -0.25) is 9.59 Å².